The molecular formula is C12H15N3O4S. The molecule has 2 atom stereocenters. The van der Waals surface area contributed by atoms with E-state index in [-0.39, 0.29) is 5.56 Å². The number of carbonyl (C=O) groups is 3. The third-order valence-electron chi connectivity index (χ3n) is 2.36. The number of rotatable bonds is 6. The molecule has 4 N–H and O–H groups in total. The van der Waals surface area contributed by atoms with Gasteiger partial charge < -0.3 is 16.2 Å². The van der Waals surface area contributed by atoms with Gasteiger partial charge in [0.05, 0.1) is 10.8 Å². The van der Waals surface area contributed by atoms with Crippen molar-refractivity contribution < 1.29 is 19.1 Å². The van der Waals surface area contributed by atoms with E-state index in [4.69, 9.17) is 16.2 Å². The summed E-state index contributed by atoms with van der Waals surface area (Å²) in [4.78, 5) is 37.9. The molecule has 0 unspecified atom stereocenters. The highest BCUT2D eigenvalue weighted by Gasteiger charge is 2.21. The number of nitrogens with two attached hydrogens (primary N) is 2. The summed E-state index contributed by atoms with van der Waals surface area (Å²) in [6.07, 6.45) is 0.429. The van der Waals surface area contributed by atoms with E-state index in [9.17, 15) is 14.4 Å². The first-order chi connectivity index (χ1) is 9.32. The Bertz CT molecular complexity index is 535. The van der Waals surface area contributed by atoms with Gasteiger partial charge >= 0.3 is 5.97 Å². The summed E-state index contributed by atoms with van der Waals surface area (Å²) >= 11 is 1.04. The van der Waals surface area contributed by atoms with Gasteiger partial charge in [-0.1, -0.05) is 11.8 Å². The Kier molecular flexibility index (Phi) is 5.51. The van der Waals surface area contributed by atoms with Gasteiger partial charge in [-0.25, -0.2) is 9.78 Å². The van der Waals surface area contributed by atoms with Crippen LogP contribution in [-0.4, -0.2) is 34.1 Å². The number of thioether (sulfide) groups is 1. The number of hydrogen-bond donors (Lipinski definition) is 2. The summed E-state index contributed by atoms with van der Waals surface area (Å²) in [5.74, 6) is -2.00. The molecule has 1 aromatic heterocycles. The number of esters is 1. The SMILES string of the molecule is C[C@H](OC(=O)c1cccnc1S[C@H](C)C(N)=O)C(N)=O. The van der Waals surface area contributed by atoms with Crippen molar-refractivity contribution in [3.05, 3.63) is 23.9 Å². The Morgan fingerprint density at radius 2 is 1.90 bits per heavy atom. The molecule has 20 heavy (non-hydrogen) atoms. The lowest BCUT2D eigenvalue weighted by Gasteiger charge is -2.12. The standard InChI is InChI=1S/C12H15N3O4S/c1-6(9(13)16)19-12(18)8-4-3-5-15-11(8)20-7(2)10(14)17/h3-7H,1-2H3,(H2,13,16)(H2,14,17)/t6-,7+/m0/s1. The zero-order valence-electron chi connectivity index (χ0n) is 11.0. The molecule has 1 aromatic rings. The van der Waals surface area contributed by atoms with Crippen molar-refractivity contribution in [2.45, 2.75) is 30.2 Å². The van der Waals surface area contributed by atoms with Crippen molar-refractivity contribution >= 4 is 29.5 Å². The Labute approximate surface area is 120 Å². The van der Waals surface area contributed by atoms with Gasteiger partial charge in [0.2, 0.25) is 5.91 Å². The van der Waals surface area contributed by atoms with Crippen LogP contribution in [0.3, 0.4) is 0 Å². The second-order valence-electron chi connectivity index (χ2n) is 3.97. The van der Waals surface area contributed by atoms with Crippen molar-refractivity contribution in [3.63, 3.8) is 0 Å². The van der Waals surface area contributed by atoms with E-state index in [1.807, 2.05) is 0 Å². The molecular weight excluding hydrogens is 282 g/mol. The van der Waals surface area contributed by atoms with E-state index in [0.717, 1.165) is 11.8 Å². The molecule has 0 aliphatic rings. The molecule has 0 saturated carbocycles. The van der Waals surface area contributed by atoms with Gasteiger partial charge in [0.25, 0.3) is 5.91 Å². The van der Waals surface area contributed by atoms with Crippen molar-refractivity contribution in [3.8, 4) is 0 Å². The van der Waals surface area contributed by atoms with E-state index >= 15 is 0 Å². The lowest BCUT2D eigenvalue weighted by molar-refractivity contribution is -0.125. The second-order valence-corrected chi connectivity index (χ2v) is 5.30. The van der Waals surface area contributed by atoms with Crippen LogP contribution in [0, 0.1) is 0 Å². The van der Waals surface area contributed by atoms with Crippen LogP contribution in [0.1, 0.15) is 24.2 Å². The minimum atomic E-state index is -1.05. The fourth-order valence-corrected chi connectivity index (χ4v) is 2.00. The summed E-state index contributed by atoms with van der Waals surface area (Å²) in [6, 6.07) is 3.03. The highest BCUT2D eigenvalue weighted by molar-refractivity contribution is 8.00. The molecule has 0 aliphatic carbocycles. The summed E-state index contributed by atoms with van der Waals surface area (Å²) in [7, 11) is 0. The van der Waals surface area contributed by atoms with Gasteiger partial charge in [0.1, 0.15) is 5.03 Å². The minimum absolute atomic E-state index is 0.152. The van der Waals surface area contributed by atoms with Crippen LogP contribution in [0.5, 0.6) is 0 Å². The monoisotopic (exact) mass is 297 g/mol. The van der Waals surface area contributed by atoms with Gasteiger partial charge in [0, 0.05) is 6.20 Å². The molecule has 0 bridgehead atoms. The molecule has 7 nitrogen and oxygen atoms in total. The third kappa shape index (κ3) is 4.23. The number of carbonyl (C=O) groups excluding carboxylic acids is 3. The maximum atomic E-state index is 11.9. The zero-order chi connectivity index (χ0) is 15.3. The van der Waals surface area contributed by atoms with Crippen LogP contribution in [0.15, 0.2) is 23.4 Å². The summed E-state index contributed by atoms with van der Waals surface area (Å²) < 4.78 is 4.90. The first-order valence-corrected chi connectivity index (χ1v) is 6.62. The molecule has 108 valence electrons. The fraction of sp³-hybridized carbons (Fsp3) is 0.333. The van der Waals surface area contributed by atoms with Crippen LogP contribution in [-0.2, 0) is 14.3 Å². The average Bonchev–Trinajstić information content (AvgIpc) is 2.38. The number of ether oxygens (including phenoxy) is 1. The van der Waals surface area contributed by atoms with E-state index in [2.05, 4.69) is 4.98 Å². The van der Waals surface area contributed by atoms with Gasteiger partial charge in [-0.2, -0.15) is 0 Å². The Morgan fingerprint density at radius 3 is 2.45 bits per heavy atom. The molecule has 1 rings (SSSR count). The predicted molar refractivity (Wildman–Crippen MR) is 72.8 cm³/mol. The van der Waals surface area contributed by atoms with Gasteiger partial charge in [-0.3, -0.25) is 9.59 Å². The lowest BCUT2D eigenvalue weighted by atomic mass is 10.3. The Hall–Kier alpha value is -2.09. The zero-order valence-corrected chi connectivity index (χ0v) is 11.8. The van der Waals surface area contributed by atoms with Crippen LogP contribution < -0.4 is 11.5 Å². The van der Waals surface area contributed by atoms with E-state index in [0.29, 0.717) is 5.03 Å². The van der Waals surface area contributed by atoms with Crippen molar-refractivity contribution in [1.29, 1.82) is 0 Å². The number of amides is 2. The Morgan fingerprint density at radius 1 is 1.25 bits per heavy atom. The lowest BCUT2D eigenvalue weighted by Crippen LogP contribution is -2.30. The number of aromatic nitrogens is 1. The Balaban J connectivity index is 2.92. The second kappa shape index (κ2) is 6.90. The molecule has 0 aromatic carbocycles. The highest BCUT2D eigenvalue weighted by atomic mass is 32.2. The van der Waals surface area contributed by atoms with Crippen molar-refractivity contribution in [2.24, 2.45) is 11.5 Å². The van der Waals surface area contributed by atoms with E-state index in [1.165, 1.54) is 19.2 Å². The largest absolute Gasteiger partial charge is 0.449 e. The first kappa shape index (κ1) is 16.0. The summed E-state index contributed by atoms with van der Waals surface area (Å²) in [5, 5.41) is -0.245. The van der Waals surface area contributed by atoms with E-state index in [1.54, 1.807) is 13.0 Å². The molecule has 0 aliphatic heterocycles. The van der Waals surface area contributed by atoms with Crippen LogP contribution >= 0.6 is 11.8 Å². The minimum Gasteiger partial charge on any atom is -0.449 e. The van der Waals surface area contributed by atoms with Crippen LogP contribution in [0.25, 0.3) is 0 Å². The summed E-state index contributed by atoms with van der Waals surface area (Å²) in [5.41, 5.74) is 10.3. The van der Waals surface area contributed by atoms with Crippen molar-refractivity contribution in [2.75, 3.05) is 0 Å². The normalized spacial score (nSPS) is 13.3. The predicted octanol–water partition coefficient (Wildman–Crippen LogP) is 0.0781. The molecule has 0 saturated heterocycles. The molecule has 0 spiro atoms. The first-order valence-electron chi connectivity index (χ1n) is 5.74. The molecule has 2 amide bonds. The molecule has 8 heteroatoms. The fourth-order valence-electron chi connectivity index (χ4n) is 1.15. The summed E-state index contributed by atoms with van der Waals surface area (Å²) in [6.45, 7) is 2.97. The smallest absolute Gasteiger partial charge is 0.341 e. The third-order valence-corrected chi connectivity index (χ3v) is 3.50. The van der Waals surface area contributed by atoms with Gasteiger partial charge in [-0.15, -0.1) is 0 Å². The topological polar surface area (TPSA) is 125 Å². The quantitative estimate of drug-likeness (QED) is 0.565. The number of hydrogen-bond acceptors (Lipinski definition) is 6. The van der Waals surface area contributed by atoms with Crippen LogP contribution in [0.4, 0.5) is 0 Å². The maximum Gasteiger partial charge on any atom is 0.341 e. The molecule has 1 heterocycles. The number of primary amides is 2. The molecule has 0 radical (unpaired) electrons. The average molecular weight is 297 g/mol. The van der Waals surface area contributed by atoms with Gasteiger partial charge in [-0.05, 0) is 26.0 Å². The van der Waals surface area contributed by atoms with Gasteiger partial charge in [0.15, 0.2) is 6.10 Å². The molecule has 0 fully saturated rings. The maximum absolute atomic E-state index is 11.9. The van der Waals surface area contributed by atoms with Crippen LogP contribution in [0.2, 0.25) is 0 Å². The van der Waals surface area contributed by atoms with E-state index < -0.39 is 29.1 Å². The number of pyridine rings is 1. The highest BCUT2D eigenvalue weighted by Crippen LogP contribution is 2.25. The van der Waals surface area contributed by atoms with Crippen molar-refractivity contribution in [1.82, 2.24) is 4.98 Å². The number of nitrogens with zero attached hydrogens (tertiary/aromatic N) is 1.